The molecule has 0 saturated heterocycles. The Kier molecular flexibility index (Phi) is 4.53. The predicted octanol–water partition coefficient (Wildman–Crippen LogP) is 2.28. The van der Waals surface area contributed by atoms with Crippen molar-refractivity contribution in [2.45, 2.75) is 19.3 Å². The largest absolute Gasteiger partial charge is 0.492 e. The van der Waals surface area contributed by atoms with Gasteiger partial charge in [0.05, 0.1) is 6.54 Å². The molecule has 4 heteroatoms. The number of amides is 1. The van der Waals surface area contributed by atoms with E-state index in [-0.39, 0.29) is 11.3 Å². The lowest BCUT2D eigenvalue weighted by Gasteiger charge is -2.12. The molecule has 1 aliphatic carbocycles. The highest BCUT2D eigenvalue weighted by Gasteiger charge is 2.42. The summed E-state index contributed by atoms with van der Waals surface area (Å²) in [5.74, 6) is 1.75. The molecule has 3 nitrogen and oxygen atoms in total. The molecule has 98 valence electrons. The van der Waals surface area contributed by atoms with Crippen molar-refractivity contribution >= 4 is 18.5 Å². The Balaban J connectivity index is 1.59. The van der Waals surface area contributed by atoms with E-state index in [1.165, 1.54) is 0 Å². The van der Waals surface area contributed by atoms with Gasteiger partial charge >= 0.3 is 0 Å². The van der Waals surface area contributed by atoms with E-state index in [4.69, 9.17) is 4.74 Å². The molecule has 0 aromatic heterocycles. The van der Waals surface area contributed by atoms with E-state index < -0.39 is 0 Å². The highest BCUT2D eigenvalue weighted by molar-refractivity contribution is 7.80. The average molecular weight is 265 g/mol. The van der Waals surface area contributed by atoms with Crippen LogP contribution in [0, 0.1) is 5.41 Å². The second-order valence-electron chi connectivity index (χ2n) is 4.85. The number of hydrogen-bond donors (Lipinski definition) is 2. The fourth-order valence-corrected chi connectivity index (χ4v) is 2.27. The minimum absolute atomic E-state index is 0.109. The Morgan fingerprint density at radius 3 is 2.67 bits per heavy atom. The van der Waals surface area contributed by atoms with Gasteiger partial charge in [0.1, 0.15) is 12.4 Å². The maximum Gasteiger partial charge on any atom is 0.220 e. The molecule has 0 aliphatic heterocycles. The number of thiol groups is 1. The van der Waals surface area contributed by atoms with Crippen LogP contribution in [0.5, 0.6) is 5.75 Å². The minimum Gasteiger partial charge on any atom is -0.492 e. The predicted molar refractivity (Wildman–Crippen MR) is 75.1 cm³/mol. The number of carbonyl (C=O) groups is 1. The maximum atomic E-state index is 11.7. The lowest BCUT2D eigenvalue weighted by molar-refractivity contribution is -0.122. The van der Waals surface area contributed by atoms with Gasteiger partial charge < -0.3 is 10.1 Å². The molecule has 0 radical (unpaired) electrons. The van der Waals surface area contributed by atoms with E-state index in [2.05, 4.69) is 17.9 Å². The van der Waals surface area contributed by atoms with Gasteiger partial charge in [0, 0.05) is 6.42 Å². The van der Waals surface area contributed by atoms with Crippen molar-refractivity contribution in [3.8, 4) is 5.75 Å². The monoisotopic (exact) mass is 265 g/mol. The Morgan fingerprint density at radius 1 is 1.33 bits per heavy atom. The van der Waals surface area contributed by atoms with Crippen LogP contribution in [0.2, 0.25) is 0 Å². The van der Waals surface area contributed by atoms with Crippen LogP contribution in [0.4, 0.5) is 0 Å². The summed E-state index contributed by atoms with van der Waals surface area (Å²) in [6, 6.07) is 9.61. The minimum atomic E-state index is 0.109. The summed E-state index contributed by atoms with van der Waals surface area (Å²) in [5, 5.41) is 2.89. The molecule has 0 heterocycles. The van der Waals surface area contributed by atoms with Gasteiger partial charge in [-0.05, 0) is 36.1 Å². The van der Waals surface area contributed by atoms with Gasteiger partial charge in [-0.3, -0.25) is 4.79 Å². The lowest BCUT2D eigenvalue weighted by atomic mass is 10.1. The summed E-state index contributed by atoms with van der Waals surface area (Å²) >= 11 is 4.29. The van der Waals surface area contributed by atoms with E-state index in [0.717, 1.165) is 24.3 Å². The summed E-state index contributed by atoms with van der Waals surface area (Å²) in [4.78, 5) is 11.7. The van der Waals surface area contributed by atoms with Gasteiger partial charge in [0.2, 0.25) is 5.91 Å². The van der Waals surface area contributed by atoms with Gasteiger partial charge in [-0.1, -0.05) is 18.2 Å². The highest BCUT2D eigenvalue weighted by atomic mass is 32.1. The number of hydrogen-bond acceptors (Lipinski definition) is 3. The fraction of sp³-hybridized carbons (Fsp3) is 0.500. The van der Waals surface area contributed by atoms with Crippen LogP contribution in [0.25, 0.3) is 0 Å². The molecule has 1 aromatic rings. The van der Waals surface area contributed by atoms with Gasteiger partial charge in [-0.25, -0.2) is 0 Å². The van der Waals surface area contributed by atoms with Crippen molar-refractivity contribution in [1.82, 2.24) is 5.32 Å². The molecule has 1 saturated carbocycles. The molecule has 1 N–H and O–H groups in total. The third kappa shape index (κ3) is 3.95. The molecule has 0 atom stereocenters. The Bertz CT molecular complexity index is 390. The van der Waals surface area contributed by atoms with Crippen LogP contribution >= 0.6 is 12.6 Å². The first-order valence-corrected chi connectivity index (χ1v) is 6.93. The zero-order valence-corrected chi connectivity index (χ0v) is 11.3. The van der Waals surface area contributed by atoms with Crippen LogP contribution in [0.15, 0.2) is 30.3 Å². The molecule has 1 fully saturated rings. The number of rotatable bonds is 7. The van der Waals surface area contributed by atoms with Gasteiger partial charge in [0.25, 0.3) is 0 Å². The van der Waals surface area contributed by atoms with Crippen molar-refractivity contribution < 1.29 is 9.53 Å². The van der Waals surface area contributed by atoms with E-state index >= 15 is 0 Å². The summed E-state index contributed by atoms with van der Waals surface area (Å²) in [6.45, 7) is 1.06. The number of ether oxygens (including phenoxy) is 1. The standard InChI is InChI=1S/C14H19NO2S/c16-13(10-14(11-18)6-7-14)15-8-9-17-12-4-2-1-3-5-12/h1-5,18H,6-11H2,(H,15,16). The van der Waals surface area contributed by atoms with Crippen LogP contribution in [-0.4, -0.2) is 24.8 Å². The zero-order valence-electron chi connectivity index (χ0n) is 10.4. The van der Waals surface area contributed by atoms with E-state index in [9.17, 15) is 4.79 Å². The number of carbonyl (C=O) groups excluding carboxylic acids is 1. The summed E-state index contributed by atoms with van der Waals surface area (Å²) in [5.41, 5.74) is 0.188. The Labute approximate surface area is 113 Å². The first-order chi connectivity index (χ1) is 8.74. The fourth-order valence-electron chi connectivity index (χ4n) is 1.85. The zero-order chi connectivity index (χ0) is 12.8. The Morgan fingerprint density at radius 2 is 2.06 bits per heavy atom. The highest BCUT2D eigenvalue weighted by Crippen LogP contribution is 2.49. The molecule has 1 amide bonds. The van der Waals surface area contributed by atoms with Crippen LogP contribution in [-0.2, 0) is 4.79 Å². The molecule has 0 bridgehead atoms. The molecular weight excluding hydrogens is 246 g/mol. The van der Waals surface area contributed by atoms with Crippen molar-refractivity contribution in [3.63, 3.8) is 0 Å². The lowest BCUT2D eigenvalue weighted by Crippen LogP contribution is -2.30. The molecule has 0 spiro atoms. The summed E-state index contributed by atoms with van der Waals surface area (Å²) in [6.07, 6.45) is 2.86. The van der Waals surface area contributed by atoms with Crippen molar-refractivity contribution in [2.24, 2.45) is 5.41 Å². The number of nitrogens with one attached hydrogen (secondary N) is 1. The molecule has 18 heavy (non-hydrogen) atoms. The molecule has 0 unspecified atom stereocenters. The summed E-state index contributed by atoms with van der Waals surface area (Å²) < 4.78 is 5.50. The average Bonchev–Trinajstić information content (AvgIpc) is 3.16. The molecule has 1 aromatic carbocycles. The smallest absolute Gasteiger partial charge is 0.220 e. The van der Waals surface area contributed by atoms with Crippen molar-refractivity contribution in [1.29, 1.82) is 0 Å². The molecular formula is C14H19NO2S. The molecule has 2 rings (SSSR count). The van der Waals surface area contributed by atoms with Crippen LogP contribution in [0.3, 0.4) is 0 Å². The second kappa shape index (κ2) is 6.14. The topological polar surface area (TPSA) is 38.3 Å². The number of benzene rings is 1. The van der Waals surface area contributed by atoms with Gasteiger partial charge in [0.15, 0.2) is 0 Å². The van der Waals surface area contributed by atoms with Gasteiger partial charge in [-0.2, -0.15) is 12.6 Å². The van der Waals surface area contributed by atoms with E-state index in [1.54, 1.807) is 0 Å². The van der Waals surface area contributed by atoms with Crippen molar-refractivity contribution in [3.05, 3.63) is 30.3 Å². The van der Waals surface area contributed by atoms with E-state index in [1.807, 2.05) is 30.3 Å². The quantitative estimate of drug-likeness (QED) is 0.586. The maximum absolute atomic E-state index is 11.7. The number of para-hydroxylation sites is 1. The van der Waals surface area contributed by atoms with Gasteiger partial charge in [-0.15, -0.1) is 0 Å². The van der Waals surface area contributed by atoms with Crippen LogP contribution in [0.1, 0.15) is 19.3 Å². The molecule has 1 aliphatic rings. The third-order valence-electron chi connectivity index (χ3n) is 3.26. The van der Waals surface area contributed by atoms with E-state index in [0.29, 0.717) is 19.6 Å². The first-order valence-electron chi connectivity index (χ1n) is 6.30. The first kappa shape index (κ1) is 13.3. The Hall–Kier alpha value is -1.16. The normalized spacial score (nSPS) is 16.1. The van der Waals surface area contributed by atoms with Crippen molar-refractivity contribution in [2.75, 3.05) is 18.9 Å². The van der Waals surface area contributed by atoms with Crippen LogP contribution < -0.4 is 10.1 Å². The SMILES string of the molecule is O=C(CC1(CS)CC1)NCCOc1ccccc1. The summed E-state index contributed by atoms with van der Waals surface area (Å²) in [7, 11) is 0. The third-order valence-corrected chi connectivity index (χ3v) is 3.94. The second-order valence-corrected chi connectivity index (χ2v) is 5.16.